The van der Waals surface area contributed by atoms with Crippen molar-refractivity contribution >= 4 is 17.8 Å². The second-order valence-electron chi connectivity index (χ2n) is 13.0. The number of nitrogens with zero attached hydrogens (tertiary/aromatic N) is 1. The summed E-state index contributed by atoms with van der Waals surface area (Å²) in [5.74, 6) is -0.921. The van der Waals surface area contributed by atoms with Crippen molar-refractivity contribution in [3.63, 3.8) is 0 Å². The van der Waals surface area contributed by atoms with Crippen LogP contribution in [0.4, 0.5) is 9.18 Å². The lowest BCUT2D eigenvalue weighted by molar-refractivity contribution is -0.126. The van der Waals surface area contributed by atoms with E-state index < -0.39 is 23.3 Å². The van der Waals surface area contributed by atoms with Gasteiger partial charge in [-0.25, -0.2) is 14.0 Å². The summed E-state index contributed by atoms with van der Waals surface area (Å²) >= 11 is 0. The number of ether oxygens (including phenoxy) is 2. The third-order valence-electron chi connectivity index (χ3n) is 8.47. The van der Waals surface area contributed by atoms with E-state index >= 15 is 4.39 Å². The molecule has 2 aliphatic heterocycles. The average molecular weight is 551 g/mol. The molecule has 4 atom stereocenters. The van der Waals surface area contributed by atoms with Gasteiger partial charge in [0, 0.05) is 18.0 Å². The minimum atomic E-state index is -0.684. The maximum atomic E-state index is 15.3. The summed E-state index contributed by atoms with van der Waals surface area (Å²) in [5.41, 5.74) is 7.89. The molecule has 1 aliphatic carbocycles. The van der Waals surface area contributed by atoms with Gasteiger partial charge in [0.25, 0.3) is 0 Å². The lowest BCUT2D eigenvalue weighted by Crippen LogP contribution is -2.51. The van der Waals surface area contributed by atoms with E-state index in [0.29, 0.717) is 23.1 Å². The number of nitrogens with two attached hydrogens (primary N) is 1. The maximum absolute atomic E-state index is 15.3. The molecule has 40 heavy (non-hydrogen) atoms. The summed E-state index contributed by atoms with van der Waals surface area (Å²) in [5, 5.41) is 0. The third kappa shape index (κ3) is 5.38. The topological polar surface area (TPSA) is 98.9 Å². The molecule has 0 spiro atoms. The van der Waals surface area contributed by atoms with Crippen LogP contribution in [0.15, 0.2) is 36.4 Å². The van der Waals surface area contributed by atoms with E-state index in [9.17, 15) is 14.4 Å². The molecule has 2 heterocycles. The highest BCUT2D eigenvalue weighted by Crippen LogP contribution is 2.44. The molecule has 0 aromatic heterocycles. The second kappa shape index (κ2) is 10.3. The molecule has 0 unspecified atom stereocenters. The van der Waals surface area contributed by atoms with E-state index in [-0.39, 0.29) is 48.4 Å². The van der Waals surface area contributed by atoms with E-state index in [1.54, 1.807) is 17.0 Å². The number of hydrogen-bond acceptors (Lipinski definition) is 6. The van der Waals surface area contributed by atoms with Gasteiger partial charge in [0.2, 0.25) is 0 Å². The predicted octanol–water partition coefficient (Wildman–Crippen LogP) is 5.76. The van der Waals surface area contributed by atoms with Crippen molar-refractivity contribution in [3.05, 3.63) is 58.9 Å². The molecule has 214 valence electrons. The highest BCUT2D eigenvalue weighted by atomic mass is 19.1. The summed E-state index contributed by atoms with van der Waals surface area (Å²) in [6.07, 6.45) is 2.67. The molecule has 2 aromatic carbocycles. The Bertz CT molecular complexity index is 1350. The monoisotopic (exact) mass is 550 g/mol. The highest BCUT2D eigenvalue weighted by molar-refractivity contribution is 5.96. The molecular formula is C32H39FN2O5. The summed E-state index contributed by atoms with van der Waals surface area (Å²) < 4.78 is 26.4. The normalized spacial score (nSPS) is 23.6. The molecule has 2 bridgehead atoms. The van der Waals surface area contributed by atoms with E-state index in [1.165, 1.54) is 6.07 Å². The number of piperidine rings is 1. The van der Waals surface area contributed by atoms with E-state index in [4.69, 9.17) is 15.2 Å². The summed E-state index contributed by atoms with van der Waals surface area (Å²) in [4.78, 5) is 40.5. The van der Waals surface area contributed by atoms with Crippen LogP contribution < -0.4 is 5.73 Å². The zero-order chi connectivity index (χ0) is 29.0. The largest absolute Gasteiger partial charge is 0.451 e. The quantitative estimate of drug-likeness (QED) is 0.440. The van der Waals surface area contributed by atoms with Crippen LogP contribution in [0.5, 0.6) is 0 Å². The third-order valence-corrected chi connectivity index (χ3v) is 8.47. The molecule has 7 nitrogen and oxygen atoms in total. The molecule has 8 heteroatoms. The standard InChI is InChI=1S/C32H39FN2O5/c1-31(2,3)40-30(38)35-23-10-8-22(14-23)28(35)27(36)13-18(17-34)12-21-7-6-20(16-26(21)33)19-9-11-25-24(15-19)29(37)39-32(25,4)5/h6-7,9,11,15-16,18,22-23,28H,8,10,12-14,17,34H2,1-5H3/t18-,22+,23-,28+/m1/s1. The summed E-state index contributed by atoms with van der Waals surface area (Å²) in [7, 11) is 0. The SMILES string of the molecule is CC(C)(C)OC(=O)N1[C@@H]2CC[C@@H](C2)[C@H]1C(=O)C[C@H](CN)Cc1ccc(-c2ccc3c(c2)C(=O)OC3(C)C)cc1F. The predicted molar refractivity (Wildman–Crippen MR) is 149 cm³/mol. The Morgan fingerprint density at radius 2 is 1.85 bits per heavy atom. The minimum absolute atomic E-state index is 0.0292. The Labute approximate surface area is 235 Å². The lowest BCUT2D eigenvalue weighted by Gasteiger charge is -2.36. The van der Waals surface area contributed by atoms with Crippen molar-refractivity contribution in [2.24, 2.45) is 17.6 Å². The fourth-order valence-electron chi connectivity index (χ4n) is 6.59. The number of fused-ring (bicyclic) bond motifs is 3. The van der Waals surface area contributed by atoms with E-state index in [0.717, 1.165) is 30.4 Å². The molecule has 2 fully saturated rings. The van der Waals surface area contributed by atoms with Crippen LogP contribution in [0.25, 0.3) is 11.1 Å². The first-order chi connectivity index (χ1) is 18.8. The van der Waals surface area contributed by atoms with E-state index in [2.05, 4.69) is 0 Å². The van der Waals surface area contributed by atoms with Crippen molar-refractivity contribution in [1.82, 2.24) is 4.90 Å². The van der Waals surface area contributed by atoms with Gasteiger partial charge in [0.1, 0.15) is 17.0 Å². The Morgan fingerprint density at radius 3 is 2.52 bits per heavy atom. The minimum Gasteiger partial charge on any atom is -0.451 e. The summed E-state index contributed by atoms with van der Waals surface area (Å²) in [6.45, 7) is 9.37. The number of carbonyl (C=O) groups is 3. The van der Waals surface area contributed by atoms with Gasteiger partial charge in [0.05, 0.1) is 11.6 Å². The number of halogens is 1. The average Bonchev–Trinajstić information content (AvgIpc) is 3.55. The van der Waals surface area contributed by atoms with Crippen molar-refractivity contribution in [2.45, 2.75) is 90.0 Å². The number of Topliss-reactive ketones (excluding diaryl/α,β-unsaturated/α-hetero) is 1. The molecule has 1 saturated heterocycles. The molecule has 1 saturated carbocycles. The fourth-order valence-corrected chi connectivity index (χ4v) is 6.59. The number of cyclic esters (lactones) is 1. The van der Waals surface area contributed by atoms with Crippen LogP contribution in [0, 0.1) is 17.7 Å². The van der Waals surface area contributed by atoms with Gasteiger partial charge in [-0.15, -0.1) is 0 Å². The number of hydrogen-bond donors (Lipinski definition) is 1. The van der Waals surface area contributed by atoms with Crippen molar-refractivity contribution in [2.75, 3.05) is 6.54 Å². The molecule has 2 aromatic rings. The Hall–Kier alpha value is -3.26. The van der Waals surface area contributed by atoms with Gasteiger partial charge in [-0.2, -0.15) is 0 Å². The number of amides is 1. The van der Waals surface area contributed by atoms with Gasteiger partial charge < -0.3 is 15.2 Å². The highest BCUT2D eigenvalue weighted by Gasteiger charge is 2.52. The first-order valence-electron chi connectivity index (χ1n) is 14.2. The molecular weight excluding hydrogens is 511 g/mol. The van der Waals surface area contributed by atoms with Crippen molar-refractivity contribution < 1.29 is 28.2 Å². The van der Waals surface area contributed by atoms with Crippen molar-refractivity contribution in [3.8, 4) is 11.1 Å². The second-order valence-corrected chi connectivity index (χ2v) is 13.0. The zero-order valence-electron chi connectivity index (χ0n) is 24.0. The van der Waals surface area contributed by atoms with Crippen molar-refractivity contribution in [1.29, 1.82) is 0 Å². The van der Waals surface area contributed by atoms with E-state index in [1.807, 2.05) is 52.8 Å². The number of benzene rings is 2. The van der Waals surface area contributed by atoms with Gasteiger partial charge in [0.15, 0.2) is 5.78 Å². The molecule has 2 N–H and O–H groups in total. The molecule has 3 aliphatic rings. The summed E-state index contributed by atoms with van der Waals surface area (Å²) in [6, 6.07) is 9.98. The number of ketones is 1. The van der Waals surface area contributed by atoms with Crippen LogP contribution in [-0.4, -0.2) is 47.0 Å². The van der Waals surface area contributed by atoms with Crippen LogP contribution in [0.3, 0.4) is 0 Å². The fraction of sp³-hybridized carbons (Fsp3) is 0.531. The zero-order valence-corrected chi connectivity index (χ0v) is 24.0. The first-order valence-corrected chi connectivity index (χ1v) is 14.2. The number of carbonyl (C=O) groups excluding carboxylic acids is 3. The lowest BCUT2D eigenvalue weighted by atomic mass is 9.87. The van der Waals surface area contributed by atoms with Crippen LogP contribution in [0.2, 0.25) is 0 Å². The van der Waals surface area contributed by atoms with Crippen LogP contribution in [-0.2, 0) is 26.3 Å². The Morgan fingerprint density at radius 1 is 1.15 bits per heavy atom. The Kier molecular flexibility index (Phi) is 7.27. The van der Waals surface area contributed by atoms with Gasteiger partial charge in [-0.3, -0.25) is 9.69 Å². The van der Waals surface area contributed by atoms with Crippen LogP contribution >= 0.6 is 0 Å². The number of likely N-dealkylation sites (tertiary alicyclic amines) is 1. The van der Waals surface area contributed by atoms with Gasteiger partial charge in [-0.05, 0) is 108 Å². The molecule has 0 radical (unpaired) electrons. The number of rotatable bonds is 7. The maximum Gasteiger partial charge on any atom is 0.411 e. The van der Waals surface area contributed by atoms with Gasteiger partial charge >= 0.3 is 12.1 Å². The molecule has 5 rings (SSSR count). The molecule has 1 amide bonds. The van der Waals surface area contributed by atoms with Gasteiger partial charge in [-0.1, -0.05) is 24.3 Å². The smallest absolute Gasteiger partial charge is 0.411 e. The van der Waals surface area contributed by atoms with Crippen LogP contribution in [0.1, 0.15) is 81.8 Å². The Balaban J connectivity index is 1.29. The number of esters is 1. The first kappa shape index (κ1) is 28.3.